The third-order valence-corrected chi connectivity index (χ3v) is 4.47. The Bertz CT molecular complexity index is 945. The molecule has 2 heterocycles. The van der Waals surface area contributed by atoms with Gasteiger partial charge in [0, 0.05) is 18.1 Å². The number of Topliss-reactive ketones (excluding diaryl/α,β-unsaturated/α-hetero) is 1. The molecule has 5 heteroatoms. The summed E-state index contributed by atoms with van der Waals surface area (Å²) in [5, 5.41) is 3.92. The third-order valence-electron chi connectivity index (χ3n) is 4.47. The highest BCUT2D eigenvalue weighted by Crippen LogP contribution is 2.24. The van der Waals surface area contributed by atoms with Gasteiger partial charge in [-0.05, 0) is 47.7 Å². The van der Waals surface area contributed by atoms with Gasteiger partial charge in [0.05, 0.1) is 5.56 Å². The zero-order chi connectivity index (χ0) is 17.2. The fourth-order valence-electron chi connectivity index (χ4n) is 3.12. The van der Waals surface area contributed by atoms with Crippen LogP contribution in [0.15, 0.2) is 54.7 Å². The average Bonchev–Trinajstić information content (AvgIpc) is 3.10. The lowest BCUT2D eigenvalue weighted by Crippen LogP contribution is -2.47. The first-order chi connectivity index (χ1) is 12.2. The normalized spacial score (nSPS) is 16.3. The van der Waals surface area contributed by atoms with E-state index in [0.717, 1.165) is 16.5 Å². The molecule has 2 aromatic carbocycles. The van der Waals surface area contributed by atoms with Gasteiger partial charge in [0.15, 0.2) is 5.78 Å². The second-order valence-electron chi connectivity index (χ2n) is 6.19. The molecule has 1 unspecified atom stereocenters. The number of carbonyl (C=O) groups is 2. The molecule has 1 aliphatic rings. The molecule has 0 radical (unpaired) electrons. The monoisotopic (exact) mass is 334 g/mol. The predicted molar refractivity (Wildman–Crippen MR) is 94.8 cm³/mol. The van der Waals surface area contributed by atoms with Crippen LogP contribution in [-0.4, -0.2) is 29.3 Å². The zero-order valence-corrected chi connectivity index (χ0v) is 13.6. The molecule has 2 N–H and O–H groups in total. The van der Waals surface area contributed by atoms with Gasteiger partial charge in [-0.3, -0.25) is 9.59 Å². The number of H-pyrrole nitrogens is 1. The number of hydrogen-bond acceptors (Lipinski definition) is 3. The van der Waals surface area contributed by atoms with Gasteiger partial charge >= 0.3 is 0 Å². The molecule has 3 aromatic rings. The lowest BCUT2D eigenvalue weighted by atomic mass is 10.0. The summed E-state index contributed by atoms with van der Waals surface area (Å²) in [6.45, 7) is 0.177. The van der Waals surface area contributed by atoms with E-state index >= 15 is 0 Å². The van der Waals surface area contributed by atoms with Crippen LogP contribution in [0.1, 0.15) is 22.3 Å². The molecule has 1 aliphatic heterocycles. The van der Waals surface area contributed by atoms with Crippen molar-refractivity contribution >= 4 is 22.6 Å². The molecule has 5 nitrogen and oxygen atoms in total. The van der Waals surface area contributed by atoms with Crippen LogP contribution >= 0.6 is 0 Å². The van der Waals surface area contributed by atoms with Gasteiger partial charge in [-0.25, -0.2) is 0 Å². The van der Waals surface area contributed by atoms with Crippen LogP contribution in [0.4, 0.5) is 0 Å². The number of ketones is 1. The maximum absolute atomic E-state index is 12.4. The molecule has 1 atom stereocenters. The number of amides is 1. The molecular formula is C20H18N2O3. The molecular weight excluding hydrogens is 316 g/mol. The van der Waals surface area contributed by atoms with Crippen molar-refractivity contribution in [3.05, 3.63) is 65.9 Å². The van der Waals surface area contributed by atoms with E-state index in [4.69, 9.17) is 4.74 Å². The van der Waals surface area contributed by atoms with E-state index in [0.29, 0.717) is 24.2 Å². The Morgan fingerprint density at radius 2 is 2.08 bits per heavy atom. The van der Waals surface area contributed by atoms with Crippen molar-refractivity contribution in [1.29, 1.82) is 0 Å². The number of aryl methyl sites for hydroxylation is 1. The fraction of sp³-hybridized carbons (Fsp3) is 0.200. The number of para-hydroxylation sites is 1. The van der Waals surface area contributed by atoms with Crippen LogP contribution in [0.3, 0.4) is 0 Å². The van der Waals surface area contributed by atoms with Gasteiger partial charge in [-0.1, -0.05) is 18.2 Å². The first kappa shape index (κ1) is 15.4. The predicted octanol–water partition coefficient (Wildman–Crippen LogP) is 2.86. The quantitative estimate of drug-likeness (QED) is 0.771. The van der Waals surface area contributed by atoms with Crippen LogP contribution in [0.5, 0.6) is 5.75 Å². The lowest BCUT2D eigenvalue weighted by Gasteiger charge is -2.24. The molecule has 0 aliphatic carbocycles. The summed E-state index contributed by atoms with van der Waals surface area (Å²) >= 11 is 0. The first-order valence-electron chi connectivity index (χ1n) is 8.32. The molecule has 1 aromatic heterocycles. The van der Waals surface area contributed by atoms with Crippen LogP contribution in [0, 0.1) is 0 Å². The number of hydrogen-bond donors (Lipinski definition) is 2. The number of nitrogens with one attached hydrogen (secondary N) is 2. The van der Waals surface area contributed by atoms with E-state index in [1.165, 1.54) is 0 Å². The number of benzene rings is 2. The molecule has 0 saturated carbocycles. The second kappa shape index (κ2) is 6.43. The Hall–Kier alpha value is -3.08. The minimum absolute atomic E-state index is 0.0936. The highest BCUT2D eigenvalue weighted by atomic mass is 16.5. The SMILES string of the molecule is O=C(CCc1ccc2[nH]ccc2c1)NC1COc2ccccc2C1=O. The number of fused-ring (bicyclic) bond motifs is 2. The van der Waals surface area contributed by atoms with E-state index in [-0.39, 0.29) is 18.3 Å². The van der Waals surface area contributed by atoms with Crippen LogP contribution < -0.4 is 10.1 Å². The Morgan fingerprint density at radius 1 is 1.20 bits per heavy atom. The first-order valence-corrected chi connectivity index (χ1v) is 8.32. The van der Waals surface area contributed by atoms with Crippen molar-refractivity contribution in [2.24, 2.45) is 0 Å². The van der Waals surface area contributed by atoms with Crippen molar-refractivity contribution in [3.8, 4) is 5.75 Å². The van der Waals surface area contributed by atoms with Crippen molar-refractivity contribution in [2.45, 2.75) is 18.9 Å². The molecule has 25 heavy (non-hydrogen) atoms. The highest BCUT2D eigenvalue weighted by molar-refractivity contribution is 6.04. The van der Waals surface area contributed by atoms with E-state index in [9.17, 15) is 9.59 Å². The van der Waals surface area contributed by atoms with E-state index < -0.39 is 6.04 Å². The van der Waals surface area contributed by atoms with Crippen molar-refractivity contribution in [1.82, 2.24) is 10.3 Å². The van der Waals surface area contributed by atoms with E-state index in [1.54, 1.807) is 18.2 Å². The number of aromatic nitrogens is 1. The maximum Gasteiger partial charge on any atom is 0.221 e. The number of aromatic amines is 1. The van der Waals surface area contributed by atoms with E-state index in [2.05, 4.69) is 16.4 Å². The van der Waals surface area contributed by atoms with Crippen LogP contribution in [0.2, 0.25) is 0 Å². The number of carbonyl (C=O) groups excluding carboxylic acids is 2. The van der Waals surface area contributed by atoms with Crippen molar-refractivity contribution in [2.75, 3.05) is 6.61 Å². The summed E-state index contributed by atoms with van der Waals surface area (Å²) in [7, 11) is 0. The fourth-order valence-corrected chi connectivity index (χ4v) is 3.12. The minimum atomic E-state index is -0.616. The average molecular weight is 334 g/mol. The number of rotatable bonds is 4. The molecule has 0 saturated heterocycles. The van der Waals surface area contributed by atoms with Crippen LogP contribution in [0.25, 0.3) is 10.9 Å². The van der Waals surface area contributed by atoms with E-state index in [1.807, 2.05) is 30.5 Å². The second-order valence-corrected chi connectivity index (χ2v) is 6.19. The summed E-state index contributed by atoms with van der Waals surface area (Å²) in [5.41, 5.74) is 2.70. The largest absolute Gasteiger partial charge is 0.490 e. The Morgan fingerprint density at radius 3 is 3.00 bits per heavy atom. The van der Waals surface area contributed by atoms with Crippen LogP contribution in [-0.2, 0) is 11.2 Å². The standard InChI is InChI=1S/C20H18N2O3/c23-19(8-6-13-5-7-16-14(11-13)9-10-21-16)22-17-12-25-18-4-2-1-3-15(18)20(17)24/h1-5,7,9-11,17,21H,6,8,12H2,(H,22,23). The zero-order valence-electron chi connectivity index (χ0n) is 13.6. The molecule has 0 fully saturated rings. The summed E-state index contributed by atoms with van der Waals surface area (Å²) in [6, 6.07) is 14.6. The summed E-state index contributed by atoms with van der Waals surface area (Å²) in [6.07, 6.45) is 2.86. The summed E-state index contributed by atoms with van der Waals surface area (Å²) < 4.78 is 5.57. The van der Waals surface area contributed by atoms with Gasteiger partial charge < -0.3 is 15.0 Å². The maximum atomic E-state index is 12.4. The Balaban J connectivity index is 1.37. The van der Waals surface area contributed by atoms with Gasteiger partial charge in [0.2, 0.25) is 5.91 Å². The number of ether oxygens (including phenoxy) is 1. The molecule has 1 amide bonds. The Labute approximate surface area is 145 Å². The molecule has 4 rings (SSSR count). The lowest BCUT2D eigenvalue weighted by molar-refractivity contribution is -0.121. The summed E-state index contributed by atoms with van der Waals surface area (Å²) in [5.74, 6) is 0.345. The molecule has 0 bridgehead atoms. The van der Waals surface area contributed by atoms with Gasteiger partial charge in [-0.2, -0.15) is 0 Å². The van der Waals surface area contributed by atoms with Crippen molar-refractivity contribution < 1.29 is 14.3 Å². The molecule has 126 valence electrons. The van der Waals surface area contributed by atoms with Gasteiger partial charge in [-0.15, -0.1) is 0 Å². The van der Waals surface area contributed by atoms with Gasteiger partial charge in [0.25, 0.3) is 0 Å². The minimum Gasteiger partial charge on any atom is -0.490 e. The summed E-state index contributed by atoms with van der Waals surface area (Å²) in [4.78, 5) is 27.8. The van der Waals surface area contributed by atoms with Gasteiger partial charge in [0.1, 0.15) is 18.4 Å². The third kappa shape index (κ3) is 3.13. The Kier molecular flexibility index (Phi) is 3.98. The highest BCUT2D eigenvalue weighted by Gasteiger charge is 2.29. The smallest absolute Gasteiger partial charge is 0.221 e. The van der Waals surface area contributed by atoms with Crippen molar-refractivity contribution in [3.63, 3.8) is 0 Å². The molecule has 0 spiro atoms. The topological polar surface area (TPSA) is 71.2 Å².